The fourth-order valence-electron chi connectivity index (χ4n) is 2.22. The van der Waals surface area contributed by atoms with Crippen LogP contribution in [0.2, 0.25) is 5.02 Å². The zero-order valence-electron chi connectivity index (χ0n) is 10.7. The van der Waals surface area contributed by atoms with E-state index in [0.717, 1.165) is 34.7 Å². The third-order valence-electron chi connectivity index (χ3n) is 3.20. The first kappa shape index (κ1) is 14.0. The van der Waals surface area contributed by atoms with E-state index in [1.165, 1.54) is 25.0 Å². The predicted octanol–water partition coefficient (Wildman–Crippen LogP) is 3.72. The molecule has 1 aliphatic rings. The molecule has 2 rings (SSSR count). The number of hydrogen-bond donors (Lipinski definition) is 1. The quantitative estimate of drug-likeness (QED) is 0.891. The zero-order valence-corrected chi connectivity index (χ0v) is 12.3. The summed E-state index contributed by atoms with van der Waals surface area (Å²) < 4.78 is 5.34. The van der Waals surface area contributed by atoms with Crippen LogP contribution in [0.1, 0.15) is 24.8 Å². The lowest BCUT2D eigenvalue weighted by Gasteiger charge is -2.21. The lowest BCUT2D eigenvalue weighted by molar-refractivity contribution is 0.407. The largest absolute Gasteiger partial charge is 0.496 e. The summed E-state index contributed by atoms with van der Waals surface area (Å²) in [5, 5.41) is 5.04. The number of benzene rings is 1. The Balaban J connectivity index is 1.83. The monoisotopic (exact) mass is 285 g/mol. The summed E-state index contributed by atoms with van der Waals surface area (Å²) in [6.07, 6.45) is 4.09. The summed E-state index contributed by atoms with van der Waals surface area (Å²) in [5.41, 5.74) is 1.13. The minimum absolute atomic E-state index is 0.764. The first-order valence-electron chi connectivity index (χ1n) is 6.44. The molecule has 1 aromatic carbocycles. The number of nitrogens with one attached hydrogen (secondary N) is 1. The summed E-state index contributed by atoms with van der Waals surface area (Å²) >= 11 is 8.11. The highest BCUT2D eigenvalue weighted by molar-refractivity contribution is 7.99. The van der Waals surface area contributed by atoms with E-state index in [0.29, 0.717) is 0 Å². The Morgan fingerprint density at radius 3 is 3.06 bits per heavy atom. The number of halogens is 1. The van der Waals surface area contributed by atoms with Crippen molar-refractivity contribution in [2.75, 3.05) is 19.4 Å². The molecule has 0 aromatic heterocycles. The molecule has 1 aromatic rings. The summed E-state index contributed by atoms with van der Waals surface area (Å²) in [6.45, 7) is 1.89. The average molecular weight is 286 g/mol. The van der Waals surface area contributed by atoms with Crippen LogP contribution in [0.15, 0.2) is 18.2 Å². The summed E-state index contributed by atoms with van der Waals surface area (Å²) in [5.74, 6) is 2.22. The fraction of sp³-hybridized carbons (Fsp3) is 0.571. The molecule has 2 nitrogen and oxygen atoms in total. The second-order valence-corrected chi connectivity index (χ2v) is 6.42. The smallest absolute Gasteiger partial charge is 0.123 e. The number of ether oxygens (including phenoxy) is 1. The summed E-state index contributed by atoms with van der Waals surface area (Å²) in [7, 11) is 1.70. The highest BCUT2D eigenvalue weighted by atomic mass is 35.5. The Hall–Kier alpha value is -0.380. The van der Waals surface area contributed by atoms with Gasteiger partial charge >= 0.3 is 0 Å². The van der Waals surface area contributed by atoms with Crippen LogP contribution >= 0.6 is 23.4 Å². The van der Waals surface area contributed by atoms with E-state index >= 15 is 0 Å². The molecular formula is C14H20ClNOS. The molecule has 1 fully saturated rings. The maximum absolute atomic E-state index is 6.01. The second-order valence-electron chi connectivity index (χ2n) is 4.58. The summed E-state index contributed by atoms with van der Waals surface area (Å²) in [6, 6.07) is 5.76. The number of hydrogen-bond acceptors (Lipinski definition) is 3. The van der Waals surface area contributed by atoms with Crippen molar-refractivity contribution in [3.05, 3.63) is 28.8 Å². The Bertz CT molecular complexity index is 380. The topological polar surface area (TPSA) is 21.3 Å². The SMILES string of the molecule is COc1ccc(Cl)cc1CNCC1CCCCS1. The van der Waals surface area contributed by atoms with Crippen molar-refractivity contribution in [3.8, 4) is 5.75 Å². The predicted molar refractivity (Wildman–Crippen MR) is 79.8 cm³/mol. The van der Waals surface area contributed by atoms with E-state index in [2.05, 4.69) is 17.1 Å². The maximum Gasteiger partial charge on any atom is 0.123 e. The van der Waals surface area contributed by atoms with Gasteiger partial charge in [0, 0.05) is 28.9 Å². The van der Waals surface area contributed by atoms with Gasteiger partial charge in [0.25, 0.3) is 0 Å². The molecule has 0 bridgehead atoms. The van der Waals surface area contributed by atoms with Gasteiger partial charge in [-0.05, 0) is 36.8 Å². The van der Waals surface area contributed by atoms with Crippen LogP contribution in [-0.4, -0.2) is 24.7 Å². The highest BCUT2D eigenvalue weighted by Gasteiger charge is 2.13. The van der Waals surface area contributed by atoms with Gasteiger partial charge in [0.1, 0.15) is 5.75 Å². The van der Waals surface area contributed by atoms with Gasteiger partial charge in [-0.1, -0.05) is 18.0 Å². The van der Waals surface area contributed by atoms with E-state index in [9.17, 15) is 0 Å². The number of rotatable bonds is 5. The third kappa shape index (κ3) is 4.08. The van der Waals surface area contributed by atoms with Crippen molar-refractivity contribution in [1.29, 1.82) is 0 Å². The molecule has 100 valence electrons. The first-order chi connectivity index (χ1) is 8.79. The van der Waals surface area contributed by atoms with Gasteiger partial charge in [-0.15, -0.1) is 0 Å². The number of thioether (sulfide) groups is 1. The summed E-state index contributed by atoms with van der Waals surface area (Å²) in [4.78, 5) is 0. The molecule has 0 radical (unpaired) electrons. The van der Waals surface area contributed by atoms with Crippen LogP contribution in [0.5, 0.6) is 5.75 Å². The van der Waals surface area contributed by atoms with Gasteiger partial charge < -0.3 is 10.1 Å². The second kappa shape index (κ2) is 7.27. The standard InChI is InChI=1S/C14H20ClNOS/c1-17-14-6-5-12(15)8-11(14)9-16-10-13-4-2-3-7-18-13/h5-6,8,13,16H,2-4,7,9-10H2,1H3. The molecule has 1 aliphatic heterocycles. The van der Waals surface area contributed by atoms with Gasteiger partial charge in [0.2, 0.25) is 0 Å². The van der Waals surface area contributed by atoms with Crippen LogP contribution in [0, 0.1) is 0 Å². The van der Waals surface area contributed by atoms with E-state index in [-0.39, 0.29) is 0 Å². The lowest BCUT2D eigenvalue weighted by Crippen LogP contribution is -2.26. The molecule has 1 atom stereocenters. The maximum atomic E-state index is 6.01. The van der Waals surface area contributed by atoms with E-state index in [1.807, 2.05) is 18.2 Å². The van der Waals surface area contributed by atoms with E-state index in [4.69, 9.17) is 16.3 Å². The Kier molecular flexibility index (Phi) is 5.67. The fourth-order valence-corrected chi connectivity index (χ4v) is 3.69. The van der Waals surface area contributed by atoms with Crippen LogP contribution in [0.3, 0.4) is 0 Å². The van der Waals surface area contributed by atoms with E-state index in [1.54, 1.807) is 7.11 Å². The van der Waals surface area contributed by atoms with Gasteiger partial charge in [-0.25, -0.2) is 0 Å². The molecule has 18 heavy (non-hydrogen) atoms. The molecule has 4 heteroatoms. The van der Waals surface area contributed by atoms with Crippen LogP contribution in [-0.2, 0) is 6.54 Å². The van der Waals surface area contributed by atoms with Gasteiger partial charge in [-0.3, -0.25) is 0 Å². The minimum atomic E-state index is 0.764. The Morgan fingerprint density at radius 1 is 1.44 bits per heavy atom. The molecule has 0 saturated carbocycles. The molecule has 0 amide bonds. The first-order valence-corrected chi connectivity index (χ1v) is 7.87. The molecule has 0 aliphatic carbocycles. The molecule has 0 spiro atoms. The normalized spacial score (nSPS) is 19.8. The molecule has 1 unspecified atom stereocenters. The van der Waals surface area contributed by atoms with Gasteiger partial charge in [0.05, 0.1) is 7.11 Å². The molecule has 1 saturated heterocycles. The van der Waals surface area contributed by atoms with Crippen molar-refractivity contribution < 1.29 is 4.74 Å². The minimum Gasteiger partial charge on any atom is -0.496 e. The zero-order chi connectivity index (χ0) is 12.8. The average Bonchev–Trinajstić information content (AvgIpc) is 2.40. The van der Waals surface area contributed by atoms with E-state index < -0.39 is 0 Å². The lowest BCUT2D eigenvalue weighted by atomic mass is 10.1. The Morgan fingerprint density at radius 2 is 2.33 bits per heavy atom. The molecule has 1 N–H and O–H groups in total. The third-order valence-corrected chi connectivity index (χ3v) is 4.84. The van der Waals surface area contributed by atoms with Gasteiger partial charge in [-0.2, -0.15) is 11.8 Å². The highest BCUT2D eigenvalue weighted by Crippen LogP contribution is 2.25. The van der Waals surface area contributed by atoms with Crippen LogP contribution < -0.4 is 10.1 Å². The van der Waals surface area contributed by atoms with Crippen molar-refractivity contribution in [2.45, 2.75) is 31.1 Å². The van der Waals surface area contributed by atoms with Crippen molar-refractivity contribution >= 4 is 23.4 Å². The Labute approximate surface area is 118 Å². The van der Waals surface area contributed by atoms with Gasteiger partial charge in [0.15, 0.2) is 0 Å². The molecule has 1 heterocycles. The van der Waals surface area contributed by atoms with Crippen molar-refractivity contribution in [2.24, 2.45) is 0 Å². The van der Waals surface area contributed by atoms with Crippen molar-refractivity contribution in [1.82, 2.24) is 5.32 Å². The van der Waals surface area contributed by atoms with Crippen LogP contribution in [0.4, 0.5) is 0 Å². The number of methoxy groups -OCH3 is 1. The van der Waals surface area contributed by atoms with Crippen molar-refractivity contribution in [3.63, 3.8) is 0 Å². The van der Waals surface area contributed by atoms with Crippen LogP contribution in [0.25, 0.3) is 0 Å². The molecular weight excluding hydrogens is 266 g/mol.